The molecule has 0 bridgehead atoms. The highest BCUT2D eigenvalue weighted by Crippen LogP contribution is 2.03. The van der Waals surface area contributed by atoms with Gasteiger partial charge in [0.25, 0.3) is 0 Å². The van der Waals surface area contributed by atoms with Crippen molar-refractivity contribution in [2.45, 2.75) is 18.8 Å². The summed E-state index contributed by atoms with van der Waals surface area (Å²) >= 11 is 0. The fourth-order valence-electron chi connectivity index (χ4n) is 0.686. The SMILES string of the molecule is NC1CCNC1F. The van der Waals surface area contributed by atoms with E-state index in [-0.39, 0.29) is 6.04 Å². The van der Waals surface area contributed by atoms with Crippen LogP contribution in [0.5, 0.6) is 0 Å². The molecular weight excluding hydrogens is 95.1 g/mol. The molecule has 0 aromatic rings. The summed E-state index contributed by atoms with van der Waals surface area (Å²) < 4.78 is 12.1. The van der Waals surface area contributed by atoms with Gasteiger partial charge in [0.1, 0.15) is 0 Å². The summed E-state index contributed by atoms with van der Waals surface area (Å²) in [7, 11) is 0. The molecule has 3 N–H and O–H groups in total. The number of hydrogen-bond acceptors (Lipinski definition) is 2. The first-order chi connectivity index (χ1) is 3.30. The second-order valence-corrected chi connectivity index (χ2v) is 1.81. The van der Waals surface area contributed by atoms with Crippen LogP contribution in [-0.4, -0.2) is 18.9 Å². The van der Waals surface area contributed by atoms with Gasteiger partial charge in [-0.2, -0.15) is 0 Å². The number of rotatable bonds is 0. The highest BCUT2D eigenvalue weighted by molar-refractivity contribution is 4.77. The van der Waals surface area contributed by atoms with E-state index in [1.54, 1.807) is 0 Å². The van der Waals surface area contributed by atoms with Crippen molar-refractivity contribution in [2.75, 3.05) is 6.54 Å². The van der Waals surface area contributed by atoms with Gasteiger partial charge in [-0.1, -0.05) is 0 Å². The molecule has 0 amide bonds. The van der Waals surface area contributed by atoms with E-state index in [9.17, 15) is 4.39 Å². The third-order valence-electron chi connectivity index (χ3n) is 1.19. The van der Waals surface area contributed by atoms with Gasteiger partial charge in [-0.25, -0.2) is 4.39 Å². The average molecular weight is 104 g/mol. The van der Waals surface area contributed by atoms with Crippen molar-refractivity contribution in [1.82, 2.24) is 5.32 Å². The summed E-state index contributed by atoms with van der Waals surface area (Å²) in [4.78, 5) is 0. The Morgan fingerprint density at radius 3 is 2.57 bits per heavy atom. The fraction of sp³-hybridized carbons (Fsp3) is 1.00. The largest absolute Gasteiger partial charge is 0.324 e. The van der Waals surface area contributed by atoms with Gasteiger partial charge in [0.2, 0.25) is 0 Å². The normalized spacial score (nSPS) is 42.0. The lowest BCUT2D eigenvalue weighted by atomic mass is 10.3. The van der Waals surface area contributed by atoms with Gasteiger partial charge in [-0.15, -0.1) is 0 Å². The van der Waals surface area contributed by atoms with Crippen LogP contribution < -0.4 is 11.1 Å². The Bertz CT molecular complexity index is 58.7. The molecule has 0 aromatic carbocycles. The lowest BCUT2D eigenvalue weighted by Crippen LogP contribution is -2.31. The minimum absolute atomic E-state index is 0.264. The summed E-state index contributed by atoms with van der Waals surface area (Å²) in [5, 5.41) is 2.58. The van der Waals surface area contributed by atoms with E-state index in [4.69, 9.17) is 5.73 Å². The van der Waals surface area contributed by atoms with Crippen molar-refractivity contribution in [3.8, 4) is 0 Å². The molecule has 1 fully saturated rings. The number of nitrogens with one attached hydrogen (secondary N) is 1. The summed E-state index contributed by atoms with van der Waals surface area (Å²) in [5.74, 6) is 0. The molecule has 2 nitrogen and oxygen atoms in total. The Kier molecular flexibility index (Phi) is 1.25. The van der Waals surface area contributed by atoms with Gasteiger partial charge in [0, 0.05) is 0 Å². The Morgan fingerprint density at radius 1 is 1.71 bits per heavy atom. The van der Waals surface area contributed by atoms with Gasteiger partial charge in [-0.3, -0.25) is 5.32 Å². The molecule has 2 unspecified atom stereocenters. The fourth-order valence-corrected chi connectivity index (χ4v) is 0.686. The van der Waals surface area contributed by atoms with Crippen molar-refractivity contribution in [1.29, 1.82) is 0 Å². The zero-order valence-corrected chi connectivity index (χ0v) is 4.02. The molecule has 0 radical (unpaired) electrons. The van der Waals surface area contributed by atoms with E-state index in [1.807, 2.05) is 0 Å². The highest BCUT2D eigenvalue weighted by atomic mass is 19.1. The molecule has 1 saturated heterocycles. The first-order valence-corrected chi connectivity index (χ1v) is 2.44. The minimum Gasteiger partial charge on any atom is -0.324 e. The number of nitrogens with two attached hydrogens (primary N) is 1. The van der Waals surface area contributed by atoms with Crippen LogP contribution in [-0.2, 0) is 0 Å². The molecule has 2 atom stereocenters. The predicted octanol–water partition coefficient (Wildman–Crippen LogP) is -0.397. The van der Waals surface area contributed by atoms with Gasteiger partial charge >= 0.3 is 0 Å². The zero-order chi connectivity index (χ0) is 5.28. The Morgan fingerprint density at radius 2 is 2.43 bits per heavy atom. The second-order valence-electron chi connectivity index (χ2n) is 1.81. The number of halogens is 1. The lowest BCUT2D eigenvalue weighted by molar-refractivity contribution is 0.283. The van der Waals surface area contributed by atoms with Crippen LogP contribution in [0.15, 0.2) is 0 Å². The molecule has 1 heterocycles. The minimum atomic E-state index is -0.958. The average Bonchev–Trinajstić information content (AvgIpc) is 1.91. The smallest absolute Gasteiger partial charge is 0.166 e. The first-order valence-electron chi connectivity index (χ1n) is 2.44. The van der Waals surface area contributed by atoms with Crippen LogP contribution >= 0.6 is 0 Å². The highest BCUT2D eigenvalue weighted by Gasteiger charge is 2.21. The van der Waals surface area contributed by atoms with Crippen molar-refractivity contribution in [2.24, 2.45) is 5.73 Å². The zero-order valence-electron chi connectivity index (χ0n) is 4.02. The van der Waals surface area contributed by atoms with Gasteiger partial charge < -0.3 is 5.73 Å². The monoisotopic (exact) mass is 104 g/mol. The third kappa shape index (κ3) is 0.894. The van der Waals surface area contributed by atoms with Crippen LogP contribution in [0.4, 0.5) is 4.39 Å². The molecule has 0 saturated carbocycles. The van der Waals surface area contributed by atoms with Crippen LogP contribution in [0.25, 0.3) is 0 Å². The molecule has 1 rings (SSSR count). The van der Waals surface area contributed by atoms with Gasteiger partial charge in [-0.05, 0) is 13.0 Å². The van der Waals surface area contributed by atoms with Crippen LogP contribution in [0.1, 0.15) is 6.42 Å². The molecule has 1 aliphatic rings. The number of alkyl halides is 1. The van der Waals surface area contributed by atoms with Crippen molar-refractivity contribution >= 4 is 0 Å². The van der Waals surface area contributed by atoms with Gasteiger partial charge in [0.15, 0.2) is 6.30 Å². The third-order valence-corrected chi connectivity index (χ3v) is 1.19. The van der Waals surface area contributed by atoms with E-state index < -0.39 is 6.30 Å². The van der Waals surface area contributed by atoms with E-state index in [0.29, 0.717) is 0 Å². The Labute approximate surface area is 41.9 Å². The number of hydrogen-bond donors (Lipinski definition) is 2. The topological polar surface area (TPSA) is 38.0 Å². The van der Waals surface area contributed by atoms with E-state index >= 15 is 0 Å². The van der Waals surface area contributed by atoms with E-state index in [1.165, 1.54) is 0 Å². The molecule has 1 aliphatic heterocycles. The summed E-state index contributed by atoms with van der Waals surface area (Å²) in [6.45, 7) is 0.725. The summed E-state index contributed by atoms with van der Waals surface area (Å²) in [6, 6.07) is -0.264. The first kappa shape index (κ1) is 5.00. The van der Waals surface area contributed by atoms with Crippen LogP contribution in [0.2, 0.25) is 0 Å². The maximum Gasteiger partial charge on any atom is 0.166 e. The Balaban J connectivity index is 2.33. The molecule has 7 heavy (non-hydrogen) atoms. The summed E-state index contributed by atoms with van der Waals surface area (Å²) in [6.07, 6.45) is -0.193. The molecular formula is C4H9FN2. The molecule has 42 valence electrons. The second kappa shape index (κ2) is 1.76. The predicted molar refractivity (Wildman–Crippen MR) is 25.5 cm³/mol. The maximum absolute atomic E-state index is 12.1. The Hall–Kier alpha value is -0.150. The van der Waals surface area contributed by atoms with Gasteiger partial charge in [0.05, 0.1) is 6.04 Å². The quantitative estimate of drug-likeness (QED) is 0.410. The van der Waals surface area contributed by atoms with Crippen molar-refractivity contribution < 1.29 is 4.39 Å². The van der Waals surface area contributed by atoms with Crippen molar-refractivity contribution in [3.63, 3.8) is 0 Å². The summed E-state index contributed by atoms with van der Waals surface area (Å²) in [5.41, 5.74) is 5.24. The van der Waals surface area contributed by atoms with Crippen LogP contribution in [0, 0.1) is 0 Å². The van der Waals surface area contributed by atoms with Crippen LogP contribution in [0.3, 0.4) is 0 Å². The maximum atomic E-state index is 12.1. The van der Waals surface area contributed by atoms with Crippen molar-refractivity contribution in [3.05, 3.63) is 0 Å². The molecule has 0 spiro atoms. The standard InChI is InChI=1S/C4H9FN2/c5-4-3(6)1-2-7-4/h3-4,7H,1-2,6H2. The molecule has 0 aliphatic carbocycles. The van der Waals surface area contributed by atoms with E-state index in [2.05, 4.69) is 5.32 Å². The van der Waals surface area contributed by atoms with E-state index in [0.717, 1.165) is 13.0 Å². The molecule has 0 aromatic heterocycles. The lowest BCUT2D eigenvalue weighted by Gasteiger charge is -2.01. The molecule has 3 heteroatoms.